The number of aryl methyl sites for hydroxylation is 1. The van der Waals surface area contributed by atoms with Gasteiger partial charge in [0, 0.05) is 30.7 Å². The van der Waals surface area contributed by atoms with Crippen LogP contribution in [0, 0.1) is 6.92 Å². The van der Waals surface area contributed by atoms with Crippen LogP contribution in [0.2, 0.25) is 0 Å². The van der Waals surface area contributed by atoms with Crippen molar-refractivity contribution in [1.29, 1.82) is 0 Å². The lowest BCUT2D eigenvalue weighted by atomic mass is 10.1. The molecule has 0 aromatic heterocycles. The molecule has 2 aromatic carbocycles. The lowest BCUT2D eigenvalue weighted by Gasteiger charge is -2.34. The number of halogens is 1. The number of rotatable bonds is 4. The second-order valence-electron chi connectivity index (χ2n) is 6.93. The molecule has 0 saturated carbocycles. The van der Waals surface area contributed by atoms with E-state index in [4.69, 9.17) is 0 Å². The van der Waals surface area contributed by atoms with Gasteiger partial charge in [-0.3, -0.25) is 0 Å². The number of nitrogens with one attached hydrogen (secondary N) is 1. The van der Waals surface area contributed by atoms with E-state index in [0.29, 0.717) is 18.0 Å². The molecular weight excluding hydrogens is 442 g/mol. The van der Waals surface area contributed by atoms with Crippen molar-refractivity contribution in [2.75, 3.05) is 26.2 Å². The van der Waals surface area contributed by atoms with Crippen LogP contribution in [0.3, 0.4) is 0 Å². The van der Waals surface area contributed by atoms with Gasteiger partial charge in [0.2, 0.25) is 10.0 Å². The molecule has 6 nitrogen and oxygen atoms in total. The van der Waals surface area contributed by atoms with Gasteiger partial charge in [-0.05, 0) is 43.7 Å². The minimum absolute atomic E-state index is 0.130. The lowest BCUT2D eigenvalue weighted by molar-refractivity contribution is 0.169. The number of carbonyl (C=O) groups is 1. The number of urea groups is 1. The standard InChI is InChI=1S/C20H24BrN3O3S/c1-15-3-9-19(10-4-15)28(26,27)24-13-11-23(12-14-24)20(25)22-16(2)17-5-7-18(21)8-6-17/h3-10,16H,11-14H2,1-2H3,(H,22,25). The normalized spacial score (nSPS) is 16.6. The maximum Gasteiger partial charge on any atom is 0.317 e. The van der Waals surface area contributed by atoms with Crippen molar-refractivity contribution in [3.8, 4) is 0 Å². The van der Waals surface area contributed by atoms with Crippen molar-refractivity contribution in [3.63, 3.8) is 0 Å². The monoisotopic (exact) mass is 465 g/mol. The van der Waals surface area contributed by atoms with Crippen LogP contribution < -0.4 is 5.32 Å². The van der Waals surface area contributed by atoms with Gasteiger partial charge < -0.3 is 10.2 Å². The number of carbonyl (C=O) groups excluding carboxylic acids is 1. The highest BCUT2D eigenvalue weighted by molar-refractivity contribution is 9.10. The molecule has 1 atom stereocenters. The molecular formula is C20H24BrN3O3S. The second-order valence-corrected chi connectivity index (χ2v) is 9.78. The molecule has 1 fully saturated rings. The summed E-state index contributed by atoms with van der Waals surface area (Å²) >= 11 is 3.40. The summed E-state index contributed by atoms with van der Waals surface area (Å²) in [6, 6.07) is 14.3. The smallest absolute Gasteiger partial charge is 0.317 e. The zero-order valence-electron chi connectivity index (χ0n) is 15.9. The first-order valence-corrected chi connectivity index (χ1v) is 11.4. The predicted octanol–water partition coefficient (Wildman–Crippen LogP) is 3.53. The molecule has 1 aliphatic heterocycles. The number of hydrogen-bond acceptors (Lipinski definition) is 3. The number of benzene rings is 2. The number of amides is 2. The zero-order valence-corrected chi connectivity index (χ0v) is 18.3. The number of nitrogens with zero attached hydrogens (tertiary/aromatic N) is 2. The van der Waals surface area contributed by atoms with Gasteiger partial charge in [0.15, 0.2) is 0 Å². The highest BCUT2D eigenvalue weighted by Gasteiger charge is 2.30. The minimum atomic E-state index is -3.53. The van der Waals surface area contributed by atoms with Gasteiger partial charge in [0.1, 0.15) is 0 Å². The fourth-order valence-electron chi connectivity index (χ4n) is 3.10. The number of sulfonamides is 1. The van der Waals surface area contributed by atoms with E-state index in [-0.39, 0.29) is 25.2 Å². The van der Waals surface area contributed by atoms with E-state index in [2.05, 4.69) is 21.2 Å². The van der Waals surface area contributed by atoms with Gasteiger partial charge in [0.25, 0.3) is 0 Å². The Bertz CT molecular complexity index is 922. The molecule has 1 aliphatic rings. The Balaban J connectivity index is 1.57. The first kappa shape index (κ1) is 20.8. The molecule has 2 amide bonds. The van der Waals surface area contributed by atoms with E-state index in [1.54, 1.807) is 29.2 Å². The van der Waals surface area contributed by atoms with Crippen LogP contribution >= 0.6 is 15.9 Å². The van der Waals surface area contributed by atoms with Gasteiger partial charge >= 0.3 is 6.03 Å². The van der Waals surface area contributed by atoms with Crippen molar-refractivity contribution in [1.82, 2.24) is 14.5 Å². The molecule has 28 heavy (non-hydrogen) atoms. The summed E-state index contributed by atoms with van der Waals surface area (Å²) in [5.74, 6) is 0. The van der Waals surface area contributed by atoms with Crippen molar-refractivity contribution >= 4 is 32.0 Å². The summed E-state index contributed by atoms with van der Waals surface area (Å²) in [4.78, 5) is 14.5. The molecule has 0 spiro atoms. The molecule has 150 valence electrons. The van der Waals surface area contributed by atoms with Crippen molar-refractivity contribution in [3.05, 3.63) is 64.1 Å². The van der Waals surface area contributed by atoms with Gasteiger partial charge in [-0.25, -0.2) is 13.2 Å². The number of hydrogen-bond donors (Lipinski definition) is 1. The van der Waals surface area contributed by atoms with Crippen molar-refractivity contribution in [2.24, 2.45) is 0 Å². The fourth-order valence-corrected chi connectivity index (χ4v) is 4.79. The molecule has 1 saturated heterocycles. The van der Waals surface area contributed by atoms with E-state index in [1.807, 2.05) is 38.1 Å². The predicted molar refractivity (Wildman–Crippen MR) is 113 cm³/mol. The molecule has 1 N–H and O–H groups in total. The highest BCUT2D eigenvalue weighted by Crippen LogP contribution is 2.19. The van der Waals surface area contributed by atoms with Crippen LogP contribution in [-0.2, 0) is 10.0 Å². The molecule has 2 aromatic rings. The second kappa shape index (κ2) is 8.63. The molecule has 1 unspecified atom stereocenters. The molecule has 8 heteroatoms. The largest absolute Gasteiger partial charge is 0.331 e. The average molecular weight is 466 g/mol. The van der Waals surface area contributed by atoms with E-state index in [1.165, 1.54) is 4.31 Å². The molecule has 0 bridgehead atoms. The molecule has 3 rings (SSSR count). The van der Waals surface area contributed by atoms with Gasteiger partial charge in [0.05, 0.1) is 10.9 Å². The molecule has 0 aliphatic carbocycles. The van der Waals surface area contributed by atoms with Crippen molar-refractivity contribution < 1.29 is 13.2 Å². The summed E-state index contributed by atoms with van der Waals surface area (Å²) in [7, 11) is -3.53. The Hall–Kier alpha value is -1.90. The van der Waals surface area contributed by atoms with E-state index < -0.39 is 10.0 Å². The fraction of sp³-hybridized carbons (Fsp3) is 0.350. The lowest BCUT2D eigenvalue weighted by Crippen LogP contribution is -2.53. The third-order valence-corrected chi connectivity index (χ3v) is 7.34. The first-order chi connectivity index (χ1) is 13.3. The van der Waals surface area contributed by atoms with Gasteiger partial charge in [-0.15, -0.1) is 0 Å². The maximum absolute atomic E-state index is 12.8. The quantitative estimate of drug-likeness (QED) is 0.750. The summed E-state index contributed by atoms with van der Waals surface area (Å²) in [5.41, 5.74) is 2.03. The van der Waals surface area contributed by atoms with Crippen LogP contribution in [-0.4, -0.2) is 49.8 Å². The molecule has 0 radical (unpaired) electrons. The van der Waals surface area contributed by atoms with Gasteiger partial charge in [-0.2, -0.15) is 4.31 Å². The Labute approximate surface area is 174 Å². The van der Waals surface area contributed by atoms with Crippen LogP contribution in [0.5, 0.6) is 0 Å². The highest BCUT2D eigenvalue weighted by atomic mass is 79.9. The zero-order chi connectivity index (χ0) is 20.3. The third-order valence-electron chi connectivity index (χ3n) is 4.89. The summed E-state index contributed by atoms with van der Waals surface area (Å²) < 4.78 is 28.0. The summed E-state index contributed by atoms with van der Waals surface area (Å²) in [6.07, 6.45) is 0. The topological polar surface area (TPSA) is 69.7 Å². The average Bonchev–Trinajstić information content (AvgIpc) is 2.69. The van der Waals surface area contributed by atoms with E-state index >= 15 is 0 Å². The van der Waals surface area contributed by atoms with E-state index in [0.717, 1.165) is 15.6 Å². The van der Waals surface area contributed by atoms with Gasteiger partial charge in [-0.1, -0.05) is 45.8 Å². The Kier molecular flexibility index (Phi) is 6.42. The maximum atomic E-state index is 12.8. The Morgan fingerprint density at radius 3 is 2.14 bits per heavy atom. The van der Waals surface area contributed by atoms with Crippen molar-refractivity contribution in [2.45, 2.75) is 24.8 Å². The number of piperazine rings is 1. The van der Waals surface area contributed by atoms with Crippen LogP contribution in [0.1, 0.15) is 24.1 Å². The van der Waals surface area contributed by atoms with Crippen LogP contribution in [0.15, 0.2) is 57.9 Å². The Morgan fingerprint density at radius 1 is 1.00 bits per heavy atom. The minimum Gasteiger partial charge on any atom is -0.331 e. The first-order valence-electron chi connectivity index (χ1n) is 9.15. The Morgan fingerprint density at radius 2 is 1.57 bits per heavy atom. The van der Waals surface area contributed by atoms with Crippen LogP contribution in [0.4, 0.5) is 4.79 Å². The molecule has 1 heterocycles. The van der Waals surface area contributed by atoms with E-state index in [9.17, 15) is 13.2 Å². The summed E-state index contributed by atoms with van der Waals surface area (Å²) in [5, 5.41) is 2.98. The SMILES string of the molecule is Cc1ccc(S(=O)(=O)N2CCN(C(=O)NC(C)c3ccc(Br)cc3)CC2)cc1. The van der Waals surface area contributed by atoms with Crippen LogP contribution in [0.25, 0.3) is 0 Å². The summed E-state index contributed by atoms with van der Waals surface area (Å²) in [6.45, 7) is 5.16. The third kappa shape index (κ3) is 4.74.